The predicted molar refractivity (Wildman–Crippen MR) is 87.0 cm³/mol. The fraction of sp³-hybridized carbons (Fsp3) is 0.867. The molecule has 136 valence electrons. The zero-order chi connectivity index (χ0) is 17.5. The first-order chi connectivity index (χ1) is 11.2. The highest BCUT2D eigenvalue weighted by Crippen LogP contribution is 2.48. The third-order valence-electron chi connectivity index (χ3n) is 5.76. The van der Waals surface area contributed by atoms with Crippen LogP contribution >= 0.6 is 0 Å². The van der Waals surface area contributed by atoms with Gasteiger partial charge in [-0.25, -0.2) is 17.5 Å². The molecule has 3 rings (SSSR count). The standard InChI is InChI=1S/C15H25N3O5S/c1-24(22,23)18-7-3-5-12(9-18)16-14(21)17-8-11-4-2-6-15(11,10-17)13(19)20/h11-12H,2-10H2,1H3,(H,16,21)(H,19,20)/t11-,12?,15+/m0/s1. The van der Waals surface area contributed by atoms with E-state index in [0.717, 1.165) is 19.3 Å². The van der Waals surface area contributed by atoms with Gasteiger partial charge in [0, 0.05) is 32.2 Å². The molecule has 0 aromatic heterocycles. The SMILES string of the molecule is CS(=O)(=O)N1CCCC(NC(=O)N2C[C@@H]3CCC[C@@]3(C(=O)O)C2)C1. The van der Waals surface area contributed by atoms with Crippen LogP contribution in [0.25, 0.3) is 0 Å². The van der Waals surface area contributed by atoms with Gasteiger partial charge in [0.15, 0.2) is 0 Å². The van der Waals surface area contributed by atoms with Crippen molar-refractivity contribution in [3.8, 4) is 0 Å². The summed E-state index contributed by atoms with van der Waals surface area (Å²) in [6.45, 7) is 1.49. The van der Waals surface area contributed by atoms with Crippen molar-refractivity contribution in [2.45, 2.75) is 38.1 Å². The van der Waals surface area contributed by atoms with Gasteiger partial charge in [-0.2, -0.15) is 0 Å². The van der Waals surface area contributed by atoms with Crippen molar-refractivity contribution in [3.63, 3.8) is 0 Å². The Labute approximate surface area is 142 Å². The number of carbonyl (C=O) groups excluding carboxylic acids is 1. The second-order valence-corrected chi connectivity index (χ2v) is 9.32. The van der Waals surface area contributed by atoms with Crippen LogP contribution in [-0.2, 0) is 14.8 Å². The van der Waals surface area contributed by atoms with Crippen LogP contribution in [0.4, 0.5) is 4.79 Å². The van der Waals surface area contributed by atoms with Crippen LogP contribution in [0.1, 0.15) is 32.1 Å². The summed E-state index contributed by atoms with van der Waals surface area (Å²) in [7, 11) is -3.26. The van der Waals surface area contributed by atoms with E-state index < -0.39 is 21.4 Å². The molecule has 2 heterocycles. The lowest BCUT2D eigenvalue weighted by Crippen LogP contribution is -2.52. The van der Waals surface area contributed by atoms with Crippen molar-refractivity contribution in [2.75, 3.05) is 32.4 Å². The lowest BCUT2D eigenvalue weighted by molar-refractivity contribution is -0.149. The Balaban J connectivity index is 1.61. The Morgan fingerprint density at radius 1 is 1.21 bits per heavy atom. The molecule has 0 bridgehead atoms. The van der Waals surface area contributed by atoms with Crippen LogP contribution in [0, 0.1) is 11.3 Å². The van der Waals surface area contributed by atoms with Gasteiger partial charge in [0.25, 0.3) is 0 Å². The van der Waals surface area contributed by atoms with E-state index in [-0.39, 0.29) is 31.1 Å². The molecular formula is C15H25N3O5S. The normalized spacial score (nSPS) is 34.1. The highest BCUT2D eigenvalue weighted by atomic mass is 32.2. The monoisotopic (exact) mass is 359 g/mol. The minimum Gasteiger partial charge on any atom is -0.481 e. The zero-order valence-corrected chi connectivity index (χ0v) is 14.7. The molecule has 9 heteroatoms. The number of hydrogen-bond acceptors (Lipinski definition) is 4. The molecular weight excluding hydrogens is 334 g/mol. The van der Waals surface area contributed by atoms with Crippen molar-refractivity contribution >= 4 is 22.0 Å². The van der Waals surface area contributed by atoms with Crippen LogP contribution in [0.2, 0.25) is 0 Å². The summed E-state index contributed by atoms with van der Waals surface area (Å²) in [5.41, 5.74) is -0.789. The van der Waals surface area contributed by atoms with E-state index in [1.54, 1.807) is 4.90 Å². The summed E-state index contributed by atoms with van der Waals surface area (Å²) in [6, 6.07) is -0.493. The molecule has 2 amide bonds. The molecule has 3 atom stereocenters. The number of amides is 2. The highest BCUT2D eigenvalue weighted by Gasteiger charge is 2.55. The van der Waals surface area contributed by atoms with Crippen molar-refractivity contribution in [1.82, 2.24) is 14.5 Å². The van der Waals surface area contributed by atoms with Crippen LogP contribution in [0.5, 0.6) is 0 Å². The minimum absolute atomic E-state index is 0.0274. The van der Waals surface area contributed by atoms with Gasteiger partial charge in [-0.1, -0.05) is 6.42 Å². The Kier molecular flexibility index (Phi) is 4.50. The first kappa shape index (κ1) is 17.5. The topological polar surface area (TPSA) is 107 Å². The van der Waals surface area contributed by atoms with Gasteiger partial charge in [-0.05, 0) is 31.6 Å². The van der Waals surface area contributed by atoms with Gasteiger partial charge in [0.1, 0.15) is 0 Å². The number of aliphatic carboxylic acids is 1. The molecule has 2 N–H and O–H groups in total. The van der Waals surface area contributed by atoms with E-state index in [0.29, 0.717) is 25.9 Å². The second kappa shape index (κ2) is 6.18. The maximum Gasteiger partial charge on any atom is 0.317 e. The number of sulfonamides is 1. The summed E-state index contributed by atoms with van der Waals surface area (Å²) in [5.74, 6) is -0.777. The van der Waals surface area contributed by atoms with E-state index in [1.807, 2.05) is 0 Å². The van der Waals surface area contributed by atoms with Crippen LogP contribution in [-0.4, -0.2) is 73.2 Å². The number of rotatable bonds is 3. The second-order valence-electron chi connectivity index (χ2n) is 7.34. The molecule has 2 saturated heterocycles. The summed E-state index contributed by atoms with van der Waals surface area (Å²) in [4.78, 5) is 25.8. The first-order valence-electron chi connectivity index (χ1n) is 8.46. The lowest BCUT2D eigenvalue weighted by Gasteiger charge is -2.32. The molecule has 0 spiro atoms. The van der Waals surface area contributed by atoms with Crippen LogP contribution in [0.3, 0.4) is 0 Å². The number of hydrogen-bond donors (Lipinski definition) is 2. The van der Waals surface area contributed by atoms with Gasteiger partial charge < -0.3 is 15.3 Å². The third-order valence-corrected chi connectivity index (χ3v) is 7.03. The molecule has 1 unspecified atom stereocenters. The summed E-state index contributed by atoms with van der Waals surface area (Å²) in [5, 5.41) is 12.5. The average Bonchev–Trinajstić information content (AvgIpc) is 3.04. The smallest absolute Gasteiger partial charge is 0.317 e. The summed E-state index contributed by atoms with van der Waals surface area (Å²) in [6.07, 6.45) is 5.00. The Bertz CT molecular complexity index is 637. The molecule has 24 heavy (non-hydrogen) atoms. The molecule has 3 aliphatic rings. The fourth-order valence-electron chi connectivity index (χ4n) is 4.42. The van der Waals surface area contributed by atoms with Crippen molar-refractivity contribution in [2.24, 2.45) is 11.3 Å². The van der Waals surface area contributed by atoms with Crippen LogP contribution in [0.15, 0.2) is 0 Å². The first-order valence-corrected chi connectivity index (χ1v) is 10.3. The Morgan fingerprint density at radius 3 is 2.58 bits per heavy atom. The zero-order valence-electron chi connectivity index (χ0n) is 13.9. The van der Waals surface area contributed by atoms with Gasteiger partial charge in [-0.3, -0.25) is 4.79 Å². The number of carboxylic acids is 1. The average molecular weight is 359 g/mol. The number of carboxylic acid groups (broad SMARTS) is 1. The molecule has 0 aromatic carbocycles. The summed E-state index contributed by atoms with van der Waals surface area (Å²) >= 11 is 0. The Morgan fingerprint density at radius 2 is 1.96 bits per heavy atom. The van der Waals surface area contributed by atoms with Crippen molar-refractivity contribution < 1.29 is 23.1 Å². The number of urea groups is 1. The molecule has 3 fully saturated rings. The predicted octanol–water partition coefficient (Wildman–Crippen LogP) is 0.307. The van der Waals surface area contributed by atoms with Crippen LogP contribution < -0.4 is 5.32 Å². The number of fused-ring (bicyclic) bond motifs is 1. The number of nitrogens with zero attached hydrogens (tertiary/aromatic N) is 2. The number of likely N-dealkylation sites (tertiary alicyclic amines) is 1. The van der Waals surface area contributed by atoms with Gasteiger partial charge in [0.05, 0.1) is 11.7 Å². The number of carbonyl (C=O) groups is 2. The maximum absolute atomic E-state index is 12.5. The molecule has 2 aliphatic heterocycles. The summed E-state index contributed by atoms with van der Waals surface area (Å²) < 4.78 is 24.7. The minimum atomic E-state index is -3.26. The largest absolute Gasteiger partial charge is 0.481 e. The van der Waals surface area contributed by atoms with E-state index in [4.69, 9.17) is 0 Å². The molecule has 0 radical (unpaired) electrons. The van der Waals surface area contributed by atoms with E-state index in [9.17, 15) is 23.1 Å². The van der Waals surface area contributed by atoms with Gasteiger partial charge >= 0.3 is 12.0 Å². The highest BCUT2D eigenvalue weighted by molar-refractivity contribution is 7.88. The molecule has 1 aliphatic carbocycles. The fourth-order valence-corrected chi connectivity index (χ4v) is 5.33. The van der Waals surface area contributed by atoms with E-state index >= 15 is 0 Å². The molecule has 1 saturated carbocycles. The lowest BCUT2D eigenvalue weighted by atomic mass is 9.81. The van der Waals surface area contributed by atoms with Crippen molar-refractivity contribution in [1.29, 1.82) is 0 Å². The van der Waals surface area contributed by atoms with Gasteiger partial charge in [-0.15, -0.1) is 0 Å². The van der Waals surface area contributed by atoms with Crippen molar-refractivity contribution in [3.05, 3.63) is 0 Å². The number of piperidine rings is 1. The quantitative estimate of drug-likeness (QED) is 0.754. The third kappa shape index (κ3) is 3.11. The molecule has 8 nitrogen and oxygen atoms in total. The van der Waals surface area contributed by atoms with E-state index in [2.05, 4.69) is 5.32 Å². The van der Waals surface area contributed by atoms with Gasteiger partial charge in [0.2, 0.25) is 10.0 Å². The van der Waals surface area contributed by atoms with E-state index in [1.165, 1.54) is 10.6 Å². The number of nitrogens with one attached hydrogen (secondary N) is 1. The molecule has 0 aromatic rings. The Hall–Kier alpha value is -1.35. The maximum atomic E-state index is 12.5.